The molecule has 0 bridgehead atoms. The zero-order valence-electron chi connectivity index (χ0n) is 17.1. The van der Waals surface area contributed by atoms with Gasteiger partial charge in [-0.15, -0.1) is 11.3 Å². The van der Waals surface area contributed by atoms with Crippen LogP contribution in [0.4, 0.5) is 13.2 Å². The van der Waals surface area contributed by atoms with E-state index in [1.807, 2.05) is 12.3 Å². The van der Waals surface area contributed by atoms with Crippen LogP contribution in [0, 0.1) is 12.8 Å². The monoisotopic (exact) mass is 474 g/mol. The van der Waals surface area contributed by atoms with E-state index in [1.54, 1.807) is 4.90 Å². The number of piperidine rings is 1. The molecule has 1 amide bonds. The van der Waals surface area contributed by atoms with E-state index in [0.717, 1.165) is 48.5 Å². The molecular weight excluding hydrogens is 453 g/mol. The number of hydrogen-bond acceptors (Lipinski definition) is 6. The van der Waals surface area contributed by atoms with Gasteiger partial charge in [-0.2, -0.15) is 13.2 Å². The predicted octanol–water partition coefficient (Wildman–Crippen LogP) is 3.60. The van der Waals surface area contributed by atoms with E-state index in [-0.39, 0.29) is 27.5 Å². The molecule has 4 rings (SSSR count). The SMILES string of the molecule is Cc1nc([C@]23CC2CN(C(=O)c2cc(S(C)(=O)=O)ccc2O[C@H](C)C(F)(F)F)C3)cs1. The number of fused-ring (bicyclic) bond motifs is 1. The highest BCUT2D eigenvalue weighted by atomic mass is 32.2. The maximum Gasteiger partial charge on any atom is 0.425 e. The second-order valence-electron chi connectivity index (χ2n) is 8.23. The first-order valence-corrected chi connectivity index (χ1v) is 12.4. The molecule has 6 nitrogen and oxygen atoms in total. The van der Waals surface area contributed by atoms with Crippen molar-refractivity contribution in [3.8, 4) is 5.75 Å². The van der Waals surface area contributed by atoms with Gasteiger partial charge in [-0.3, -0.25) is 4.79 Å². The van der Waals surface area contributed by atoms with E-state index in [4.69, 9.17) is 4.74 Å². The van der Waals surface area contributed by atoms with Crippen LogP contribution in [0.15, 0.2) is 28.5 Å². The highest BCUT2D eigenvalue weighted by molar-refractivity contribution is 7.90. The van der Waals surface area contributed by atoms with Gasteiger partial charge in [-0.05, 0) is 44.4 Å². The van der Waals surface area contributed by atoms with Crippen molar-refractivity contribution in [1.82, 2.24) is 9.88 Å². The molecular formula is C20H21F3N2O4S2. The predicted molar refractivity (Wildman–Crippen MR) is 108 cm³/mol. The largest absolute Gasteiger partial charge is 0.480 e. The number of hydrogen-bond donors (Lipinski definition) is 0. The second kappa shape index (κ2) is 7.19. The third-order valence-electron chi connectivity index (χ3n) is 5.94. The summed E-state index contributed by atoms with van der Waals surface area (Å²) < 4.78 is 68.0. The quantitative estimate of drug-likeness (QED) is 0.662. The first-order valence-electron chi connectivity index (χ1n) is 9.60. The van der Waals surface area contributed by atoms with Crippen LogP contribution >= 0.6 is 11.3 Å². The molecule has 0 spiro atoms. The van der Waals surface area contributed by atoms with Crippen molar-refractivity contribution in [1.29, 1.82) is 0 Å². The van der Waals surface area contributed by atoms with Crippen molar-refractivity contribution in [3.05, 3.63) is 39.8 Å². The Balaban J connectivity index is 1.65. The van der Waals surface area contributed by atoms with Crippen molar-refractivity contribution in [2.45, 2.75) is 42.9 Å². The molecule has 1 saturated carbocycles. The number of aryl methyl sites for hydroxylation is 1. The zero-order chi connectivity index (χ0) is 22.8. The first-order chi connectivity index (χ1) is 14.3. The zero-order valence-corrected chi connectivity index (χ0v) is 18.7. The Morgan fingerprint density at radius 3 is 2.68 bits per heavy atom. The van der Waals surface area contributed by atoms with Gasteiger partial charge < -0.3 is 9.64 Å². The molecule has 2 heterocycles. The summed E-state index contributed by atoms with van der Waals surface area (Å²) in [7, 11) is -3.67. The summed E-state index contributed by atoms with van der Waals surface area (Å²) in [6, 6.07) is 3.35. The van der Waals surface area contributed by atoms with Crippen molar-refractivity contribution >= 4 is 27.1 Å². The lowest BCUT2D eigenvalue weighted by molar-refractivity contribution is -0.189. The van der Waals surface area contributed by atoms with Crippen LogP contribution in [0.5, 0.6) is 5.75 Å². The number of benzene rings is 1. The normalized spacial score (nSPS) is 24.1. The summed E-state index contributed by atoms with van der Waals surface area (Å²) in [5.41, 5.74) is 0.516. The molecule has 1 aliphatic heterocycles. The van der Waals surface area contributed by atoms with Gasteiger partial charge in [-0.25, -0.2) is 13.4 Å². The van der Waals surface area contributed by atoms with E-state index >= 15 is 0 Å². The number of carbonyl (C=O) groups excluding carboxylic acids is 1. The maximum absolute atomic E-state index is 13.3. The molecule has 1 aromatic carbocycles. The topological polar surface area (TPSA) is 76.6 Å². The Bertz CT molecular complexity index is 1150. The lowest BCUT2D eigenvalue weighted by Crippen LogP contribution is -2.35. The van der Waals surface area contributed by atoms with E-state index in [0.29, 0.717) is 13.1 Å². The fourth-order valence-electron chi connectivity index (χ4n) is 4.06. The number of amides is 1. The van der Waals surface area contributed by atoms with Crippen LogP contribution in [0.1, 0.15) is 34.4 Å². The number of ether oxygens (including phenoxy) is 1. The van der Waals surface area contributed by atoms with E-state index in [9.17, 15) is 26.4 Å². The Kier molecular flexibility index (Phi) is 5.12. The minimum Gasteiger partial charge on any atom is -0.480 e. The van der Waals surface area contributed by atoms with Crippen LogP contribution in [-0.2, 0) is 15.3 Å². The molecule has 0 radical (unpaired) electrons. The van der Waals surface area contributed by atoms with E-state index in [1.165, 1.54) is 11.3 Å². The van der Waals surface area contributed by atoms with Crippen molar-refractivity contribution < 1.29 is 31.1 Å². The molecule has 0 N–H and O–H groups in total. The fourth-order valence-corrected chi connectivity index (χ4v) is 5.43. The Labute approximate surface area is 182 Å². The Hall–Kier alpha value is -2.14. The Morgan fingerprint density at radius 1 is 1.39 bits per heavy atom. The Morgan fingerprint density at radius 2 is 2.10 bits per heavy atom. The van der Waals surface area contributed by atoms with Crippen molar-refractivity contribution in [3.63, 3.8) is 0 Å². The summed E-state index contributed by atoms with van der Waals surface area (Å²) in [5, 5.41) is 2.91. The van der Waals surface area contributed by atoms with E-state index < -0.39 is 28.0 Å². The number of likely N-dealkylation sites (tertiary alicyclic amines) is 1. The summed E-state index contributed by atoms with van der Waals surface area (Å²) in [6.07, 6.45) is -4.91. The minimum atomic E-state index is -4.63. The van der Waals surface area contributed by atoms with Crippen LogP contribution < -0.4 is 4.74 Å². The third-order valence-corrected chi connectivity index (χ3v) is 7.82. The number of rotatable bonds is 5. The van der Waals surface area contributed by atoms with Crippen LogP contribution in [0.3, 0.4) is 0 Å². The molecule has 3 atom stereocenters. The molecule has 2 aliphatic rings. The van der Waals surface area contributed by atoms with Gasteiger partial charge in [0.25, 0.3) is 5.91 Å². The average molecular weight is 475 g/mol. The molecule has 1 aliphatic carbocycles. The molecule has 1 saturated heterocycles. The third kappa shape index (κ3) is 4.05. The highest BCUT2D eigenvalue weighted by Gasteiger charge is 2.63. The summed E-state index contributed by atoms with van der Waals surface area (Å²) >= 11 is 1.53. The lowest BCUT2D eigenvalue weighted by Gasteiger charge is -2.24. The van der Waals surface area contributed by atoms with Gasteiger partial charge in [0, 0.05) is 30.1 Å². The number of aromatic nitrogens is 1. The molecule has 1 aromatic heterocycles. The maximum atomic E-state index is 13.3. The molecule has 2 fully saturated rings. The smallest absolute Gasteiger partial charge is 0.425 e. The van der Waals surface area contributed by atoms with Gasteiger partial charge in [0.15, 0.2) is 15.9 Å². The van der Waals surface area contributed by atoms with Gasteiger partial charge in [0.2, 0.25) is 0 Å². The number of thiazole rings is 1. The number of carbonyl (C=O) groups is 1. The number of nitrogens with zero attached hydrogens (tertiary/aromatic N) is 2. The summed E-state index contributed by atoms with van der Waals surface area (Å²) in [4.78, 5) is 19.2. The van der Waals surface area contributed by atoms with E-state index in [2.05, 4.69) is 4.98 Å². The van der Waals surface area contributed by atoms with Gasteiger partial charge in [0.05, 0.1) is 21.2 Å². The summed E-state index contributed by atoms with van der Waals surface area (Å²) in [6.45, 7) is 3.56. The molecule has 1 unspecified atom stereocenters. The van der Waals surface area contributed by atoms with Crippen LogP contribution in [-0.4, -0.2) is 55.8 Å². The van der Waals surface area contributed by atoms with Crippen molar-refractivity contribution in [2.24, 2.45) is 5.92 Å². The van der Waals surface area contributed by atoms with Crippen LogP contribution in [0.2, 0.25) is 0 Å². The number of sulfone groups is 1. The number of alkyl halides is 3. The molecule has 31 heavy (non-hydrogen) atoms. The highest BCUT2D eigenvalue weighted by Crippen LogP contribution is 2.59. The average Bonchev–Trinajstić information content (AvgIpc) is 2.99. The van der Waals surface area contributed by atoms with Crippen LogP contribution in [0.25, 0.3) is 0 Å². The second-order valence-corrected chi connectivity index (χ2v) is 11.3. The summed E-state index contributed by atoms with van der Waals surface area (Å²) in [5.74, 6) is -0.607. The van der Waals surface area contributed by atoms with Crippen molar-refractivity contribution in [2.75, 3.05) is 19.3 Å². The van der Waals surface area contributed by atoms with Gasteiger partial charge in [0.1, 0.15) is 5.75 Å². The molecule has 2 aromatic rings. The molecule has 168 valence electrons. The van der Waals surface area contributed by atoms with Gasteiger partial charge in [-0.1, -0.05) is 0 Å². The lowest BCUT2D eigenvalue weighted by atomic mass is 10.0. The van der Waals surface area contributed by atoms with Gasteiger partial charge >= 0.3 is 6.18 Å². The fraction of sp³-hybridized carbons (Fsp3) is 0.500. The number of halogens is 3. The molecule has 11 heteroatoms. The minimum absolute atomic E-state index is 0.156. The standard InChI is InChI=1S/C20H21F3N2O4S2/c1-11(20(21,22)23)29-16-5-4-14(31(3,27)28)6-15(16)18(26)25-8-13-7-19(13,10-25)17-9-30-12(2)24-17/h4-6,9,11,13H,7-8,10H2,1-3H3/t11-,13?,19+/m1/s1. The first kappa shape index (κ1) is 22.1.